The van der Waals surface area contributed by atoms with Crippen LogP contribution in [0.25, 0.3) is 5.69 Å². The summed E-state index contributed by atoms with van der Waals surface area (Å²) in [6, 6.07) is 10.4. The maximum Gasteiger partial charge on any atom is 0.338 e. The molecule has 1 heterocycles. The van der Waals surface area contributed by atoms with Gasteiger partial charge in [-0.3, -0.25) is 14.9 Å². The second kappa shape index (κ2) is 9.48. The van der Waals surface area contributed by atoms with Gasteiger partial charge in [0.05, 0.1) is 45.8 Å². The molecule has 0 fully saturated rings. The molecule has 0 saturated carbocycles. The van der Waals surface area contributed by atoms with Crippen LogP contribution in [0, 0.1) is 24.0 Å². The van der Waals surface area contributed by atoms with Gasteiger partial charge in [-0.05, 0) is 50.2 Å². The highest BCUT2D eigenvalue weighted by molar-refractivity contribution is 6.31. The standard InChI is InChI=1S/C21H19ClN4O6/c1-12-20(22)13(2)25(24-12)15-6-4-14(5-7-15)21(28)32-11-19(27)23-17-9-8-16(31-3)10-18(17)26(29)30/h4-10H,11H2,1-3H3,(H,23,27). The van der Waals surface area contributed by atoms with Crippen molar-refractivity contribution in [2.45, 2.75) is 13.8 Å². The minimum Gasteiger partial charge on any atom is -0.496 e. The van der Waals surface area contributed by atoms with E-state index >= 15 is 0 Å². The van der Waals surface area contributed by atoms with Gasteiger partial charge in [0.25, 0.3) is 11.6 Å². The Labute approximate surface area is 187 Å². The molecule has 166 valence electrons. The van der Waals surface area contributed by atoms with Crippen molar-refractivity contribution in [1.29, 1.82) is 0 Å². The van der Waals surface area contributed by atoms with Crippen LogP contribution in [0.15, 0.2) is 42.5 Å². The third-order valence-corrected chi connectivity index (χ3v) is 5.11. The van der Waals surface area contributed by atoms with Crippen molar-refractivity contribution in [2.24, 2.45) is 0 Å². The average Bonchev–Trinajstić information content (AvgIpc) is 3.05. The number of methoxy groups -OCH3 is 1. The summed E-state index contributed by atoms with van der Waals surface area (Å²) in [4.78, 5) is 34.9. The second-order valence-corrected chi connectivity index (χ2v) is 7.09. The van der Waals surface area contributed by atoms with E-state index in [2.05, 4.69) is 10.4 Å². The molecule has 10 nitrogen and oxygen atoms in total. The molecule has 11 heteroatoms. The molecular weight excluding hydrogens is 440 g/mol. The zero-order valence-electron chi connectivity index (χ0n) is 17.4. The average molecular weight is 459 g/mol. The first kappa shape index (κ1) is 22.8. The third kappa shape index (κ3) is 4.86. The lowest BCUT2D eigenvalue weighted by molar-refractivity contribution is -0.384. The monoisotopic (exact) mass is 458 g/mol. The summed E-state index contributed by atoms with van der Waals surface area (Å²) < 4.78 is 11.6. The summed E-state index contributed by atoms with van der Waals surface area (Å²) in [5.74, 6) is -1.17. The van der Waals surface area contributed by atoms with Crippen molar-refractivity contribution >= 4 is 34.9 Å². The van der Waals surface area contributed by atoms with Crippen LogP contribution in [0.3, 0.4) is 0 Å². The van der Waals surface area contributed by atoms with Gasteiger partial charge in [-0.25, -0.2) is 9.48 Å². The Morgan fingerprint density at radius 3 is 2.44 bits per heavy atom. The SMILES string of the molecule is COc1ccc(NC(=O)COC(=O)c2ccc(-n3nc(C)c(Cl)c3C)cc2)c([N+](=O)[O-])c1. The van der Waals surface area contributed by atoms with Gasteiger partial charge in [0.1, 0.15) is 11.4 Å². The lowest BCUT2D eigenvalue weighted by atomic mass is 10.2. The van der Waals surface area contributed by atoms with Crippen LogP contribution in [-0.2, 0) is 9.53 Å². The molecule has 0 spiro atoms. The number of benzene rings is 2. The Kier molecular flexibility index (Phi) is 6.74. The molecule has 0 aliphatic rings. The van der Waals surface area contributed by atoms with Crippen LogP contribution >= 0.6 is 11.6 Å². The summed E-state index contributed by atoms with van der Waals surface area (Å²) >= 11 is 6.16. The first-order valence-electron chi connectivity index (χ1n) is 9.32. The first-order valence-corrected chi connectivity index (χ1v) is 9.70. The van der Waals surface area contributed by atoms with Crippen LogP contribution < -0.4 is 10.1 Å². The molecule has 0 radical (unpaired) electrons. The van der Waals surface area contributed by atoms with Crippen LogP contribution in [0.2, 0.25) is 5.02 Å². The smallest absolute Gasteiger partial charge is 0.338 e. The van der Waals surface area contributed by atoms with Crippen LogP contribution in [0.1, 0.15) is 21.7 Å². The zero-order chi connectivity index (χ0) is 23.4. The Morgan fingerprint density at radius 1 is 1.19 bits per heavy atom. The van der Waals surface area contributed by atoms with Gasteiger partial charge in [-0.15, -0.1) is 0 Å². The Hall–Kier alpha value is -3.92. The third-order valence-electron chi connectivity index (χ3n) is 4.56. The molecule has 0 aliphatic carbocycles. The van der Waals surface area contributed by atoms with Crippen LogP contribution in [0.4, 0.5) is 11.4 Å². The largest absolute Gasteiger partial charge is 0.496 e. The highest BCUT2D eigenvalue weighted by atomic mass is 35.5. The summed E-state index contributed by atoms with van der Waals surface area (Å²) in [5.41, 5.74) is 2.01. The number of ether oxygens (including phenoxy) is 2. The normalized spacial score (nSPS) is 10.5. The number of hydrogen-bond acceptors (Lipinski definition) is 7. The Morgan fingerprint density at radius 2 is 1.88 bits per heavy atom. The molecule has 32 heavy (non-hydrogen) atoms. The van der Waals surface area contributed by atoms with Gasteiger partial charge in [-0.2, -0.15) is 5.10 Å². The molecular formula is C21H19ClN4O6. The number of carbonyl (C=O) groups excluding carboxylic acids is 2. The minimum atomic E-state index is -0.722. The lowest BCUT2D eigenvalue weighted by Gasteiger charge is -2.09. The summed E-state index contributed by atoms with van der Waals surface area (Å²) in [6.45, 7) is 3.01. The number of esters is 1. The molecule has 3 aromatic rings. The number of nitrogens with zero attached hydrogens (tertiary/aromatic N) is 3. The number of amides is 1. The number of carbonyl (C=O) groups is 2. The predicted octanol–water partition coefficient (Wildman–Crippen LogP) is 3.85. The number of nitrogens with one attached hydrogen (secondary N) is 1. The molecule has 0 unspecified atom stereocenters. The van der Waals surface area contributed by atoms with E-state index in [-0.39, 0.29) is 22.7 Å². The molecule has 2 aromatic carbocycles. The molecule has 1 N–H and O–H groups in total. The van der Waals surface area contributed by atoms with Gasteiger partial charge < -0.3 is 14.8 Å². The summed E-state index contributed by atoms with van der Waals surface area (Å²) in [6.07, 6.45) is 0. The molecule has 1 aromatic heterocycles. The number of halogens is 1. The topological polar surface area (TPSA) is 126 Å². The van der Waals surface area contributed by atoms with Gasteiger partial charge >= 0.3 is 5.97 Å². The quantitative estimate of drug-likeness (QED) is 0.323. The molecule has 0 atom stereocenters. The zero-order valence-corrected chi connectivity index (χ0v) is 18.2. The minimum absolute atomic E-state index is 0.0373. The van der Waals surface area contributed by atoms with Gasteiger partial charge in [0.15, 0.2) is 6.61 Å². The van der Waals surface area contributed by atoms with Gasteiger partial charge in [0.2, 0.25) is 0 Å². The molecule has 0 saturated heterocycles. The lowest BCUT2D eigenvalue weighted by Crippen LogP contribution is -2.21. The van der Waals surface area contributed by atoms with E-state index in [9.17, 15) is 19.7 Å². The number of anilines is 1. The maximum atomic E-state index is 12.3. The molecule has 0 bridgehead atoms. The van der Waals surface area contributed by atoms with Crippen LogP contribution in [0.5, 0.6) is 5.75 Å². The van der Waals surface area contributed by atoms with E-state index < -0.39 is 23.4 Å². The van der Waals surface area contributed by atoms with Crippen molar-refractivity contribution in [3.05, 3.63) is 74.6 Å². The van der Waals surface area contributed by atoms with Crippen molar-refractivity contribution in [3.63, 3.8) is 0 Å². The second-order valence-electron chi connectivity index (χ2n) is 6.71. The first-order chi connectivity index (χ1) is 15.2. The van der Waals surface area contributed by atoms with E-state index in [0.717, 1.165) is 5.69 Å². The fourth-order valence-corrected chi connectivity index (χ4v) is 3.03. The number of hydrogen-bond donors (Lipinski definition) is 1. The van der Waals surface area contributed by atoms with Gasteiger partial charge in [-0.1, -0.05) is 11.6 Å². The molecule has 1 amide bonds. The highest BCUT2D eigenvalue weighted by Gasteiger charge is 2.18. The van der Waals surface area contributed by atoms with Crippen LogP contribution in [-0.4, -0.2) is 40.3 Å². The Bertz CT molecular complexity index is 1190. The number of aryl methyl sites for hydroxylation is 1. The predicted molar refractivity (Wildman–Crippen MR) is 117 cm³/mol. The summed E-state index contributed by atoms with van der Waals surface area (Å²) in [7, 11) is 1.37. The number of rotatable bonds is 7. The van der Waals surface area contributed by atoms with Crippen molar-refractivity contribution in [1.82, 2.24) is 9.78 Å². The van der Waals surface area contributed by atoms with E-state index in [0.29, 0.717) is 16.4 Å². The van der Waals surface area contributed by atoms with E-state index in [1.54, 1.807) is 23.7 Å². The van der Waals surface area contributed by atoms with E-state index in [1.807, 2.05) is 6.92 Å². The van der Waals surface area contributed by atoms with Crippen molar-refractivity contribution < 1.29 is 24.0 Å². The number of nitro benzene ring substituents is 1. The summed E-state index contributed by atoms with van der Waals surface area (Å²) in [5, 5.41) is 18.5. The van der Waals surface area contributed by atoms with Gasteiger partial charge in [0, 0.05) is 0 Å². The van der Waals surface area contributed by atoms with Crippen molar-refractivity contribution in [2.75, 3.05) is 19.0 Å². The fraction of sp³-hybridized carbons (Fsp3) is 0.190. The van der Waals surface area contributed by atoms with Crippen molar-refractivity contribution in [3.8, 4) is 11.4 Å². The number of aromatic nitrogens is 2. The fourth-order valence-electron chi connectivity index (χ4n) is 2.91. The maximum absolute atomic E-state index is 12.3. The van der Waals surface area contributed by atoms with E-state index in [4.69, 9.17) is 21.1 Å². The Balaban J connectivity index is 1.63. The number of nitro groups is 1. The molecule has 3 rings (SSSR count). The highest BCUT2D eigenvalue weighted by Crippen LogP contribution is 2.29. The van der Waals surface area contributed by atoms with E-state index in [1.165, 1.54) is 37.4 Å². The molecule has 0 aliphatic heterocycles.